The lowest BCUT2D eigenvalue weighted by Gasteiger charge is -2.29. The fourth-order valence-corrected chi connectivity index (χ4v) is 3.54. The van der Waals surface area contributed by atoms with Crippen LogP contribution in [-0.2, 0) is 4.74 Å². The van der Waals surface area contributed by atoms with E-state index < -0.39 is 24.0 Å². The van der Waals surface area contributed by atoms with Crippen molar-refractivity contribution < 1.29 is 37.0 Å². The van der Waals surface area contributed by atoms with Gasteiger partial charge in [0.05, 0.1) is 6.10 Å². The molecule has 1 aromatic heterocycles. The molecule has 35 heavy (non-hydrogen) atoms. The van der Waals surface area contributed by atoms with Crippen LogP contribution in [0.15, 0.2) is 42.6 Å². The molecule has 2 amide bonds. The minimum Gasteiger partial charge on any atom is -0.490 e. The minimum absolute atomic E-state index is 0.0718. The van der Waals surface area contributed by atoms with Crippen LogP contribution in [0, 0.1) is 0 Å². The predicted molar refractivity (Wildman–Crippen MR) is 121 cm³/mol. The van der Waals surface area contributed by atoms with Crippen LogP contribution >= 0.6 is 0 Å². The van der Waals surface area contributed by atoms with Gasteiger partial charge in [-0.3, -0.25) is 0 Å². The highest BCUT2D eigenvalue weighted by Crippen LogP contribution is 2.26. The van der Waals surface area contributed by atoms with Crippen molar-refractivity contribution in [1.82, 2.24) is 10.3 Å². The summed E-state index contributed by atoms with van der Waals surface area (Å²) in [5.74, 6) is -0.369. The van der Waals surface area contributed by atoms with Gasteiger partial charge in [0, 0.05) is 24.0 Å². The van der Waals surface area contributed by atoms with E-state index in [2.05, 4.69) is 20.4 Å². The van der Waals surface area contributed by atoms with E-state index in [4.69, 9.17) is 9.47 Å². The number of ether oxygens (including phenoxy) is 3. The van der Waals surface area contributed by atoms with E-state index in [1.54, 1.807) is 32.9 Å². The van der Waals surface area contributed by atoms with Crippen LogP contribution in [0.25, 0.3) is 0 Å². The third-order valence-electron chi connectivity index (χ3n) is 5.00. The molecule has 1 aliphatic carbocycles. The van der Waals surface area contributed by atoms with Gasteiger partial charge in [0.15, 0.2) is 5.69 Å². The highest BCUT2D eigenvalue weighted by molar-refractivity contribution is 5.89. The van der Waals surface area contributed by atoms with Crippen molar-refractivity contribution in [2.75, 3.05) is 5.32 Å². The molecule has 0 radical (unpaired) electrons. The molecule has 0 saturated heterocycles. The van der Waals surface area contributed by atoms with Gasteiger partial charge < -0.3 is 24.8 Å². The molecule has 190 valence electrons. The number of nitrogens with one attached hydrogen (secondary N) is 2. The Hall–Kier alpha value is -3.50. The van der Waals surface area contributed by atoms with Gasteiger partial charge in [-0.05, 0) is 76.8 Å². The average Bonchev–Trinajstić information content (AvgIpc) is 2.74. The number of halogens is 3. The van der Waals surface area contributed by atoms with Gasteiger partial charge >= 0.3 is 18.4 Å². The molecule has 2 aromatic rings. The summed E-state index contributed by atoms with van der Waals surface area (Å²) in [6.45, 7) is 5.34. The van der Waals surface area contributed by atoms with Crippen molar-refractivity contribution in [3.05, 3.63) is 48.3 Å². The van der Waals surface area contributed by atoms with E-state index in [0.29, 0.717) is 37.1 Å². The first kappa shape index (κ1) is 26.1. The Morgan fingerprint density at radius 1 is 0.971 bits per heavy atom. The molecule has 1 aliphatic rings. The van der Waals surface area contributed by atoms with Gasteiger partial charge in [0.1, 0.15) is 17.1 Å². The molecule has 3 rings (SSSR count). The highest BCUT2D eigenvalue weighted by atomic mass is 19.4. The summed E-state index contributed by atoms with van der Waals surface area (Å²) in [5.41, 5.74) is -0.117. The van der Waals surface area contributed by atoms with E-state index in [1.165, 1.54) is 18.3 Å². The summed E-state index contributed by atoms with van der Waals surface area (Å²) in [6.07, 6.45) is -0.607. The number of anilines is 1. The highest BCUT2D eigenvalue weighted by Gasteiger charge is 2.31. The molecule has 1 saturated carbocycles. The lowest BCUT2D eigenvalue weighted by molar-refractivity contribution is -0.274. The molecule has 0 atom stereocenters. The number of esters is 1. The molecule has 8 nitrogen and oxygen atoms in total. The summed E-state index contributed by atoms with van der Waals surface area (Å²) in [5, 5.41) is 5.46. The van der Waals surface area contributed by atoms with E-state index in [-0.39, 0.29) is 23.6 Å². The molecule has 0 aliphatic heterocycles. The second kappa shape index (κ2) is 10.8. The van der Waals surface area contributed by atoms with Gasteiger partial charge in [-0.25, -0.2) is 14.6 Å². The standard InChI is InChI=1S/C24H28F3N3O5/c1-23(2,3)35-21(31)20-14-19(12-13-28-20)33-17-8-4-15(5-9-17)29-22(32)30-16-6-10-18(11-7-16)34-24(25,26)27/h6-7,10-15,17H,4-5,8-9H2,1-3H3,(H2,29,30,32). The number of hydrogen-bond acceptors (Lipinski definition) is 6. The number of carbonyl (C=O) groups is 2. The summed E-state index contributed by atoms with van der Waals surface area (Å²) in [6, 6.07) is 7.61. The van der Waals surface area contributed by atoms with Crippen LogP contribution in [0.5, 0.6) is 11.5 Å². The zero-order valence-electron chi connectivity index (χ0n) is 19.6. The monoisotopic (exact) mass is 495 g/mol. The van der Waals surface area contributed by atoms with Crippen molar-refractivity contribution in [1.29, 1.82) is 0 Å². The molecule has 1 aromatic carbocycles. The smallest absolute Gasteiger partial charge is 0.490 e. The van der Waals surface area contributed by atoms with E-state index in [0.717, 1.165) is 12.1 Å². The average molecular weight is 495 g/mol. The number of hydrogen-bond donors (Lipinski definition) is 2. The second-order valence-electron chi connectivity index (χ2n) is 9.14. The Labute approximate surface area is 201 Å². The maximum Gasteiger partial charge on any atom is 0.573 e. The van der Waals surface area contributed by atoms with Crippen molar-refractivity contribution >= 4 is 17.7 Å². The van der Waals surface area contributed by atoms with Gasteiger partial charge in [0.2, 0.25) is 0 Å². The molecule has 0 unspecified atom stereocenters. The van der Waals surface area contributed by atoms with Crippen molar-refractivity contribution in [3.8, 4) is 11.5 Å². The fraction of sp³-hybridized carbons (Fsp3) is 0.458. The Bertz CT molecular complexity index is 1010. The number of carbonyl (C=O) groups excluding carboxylic acids is 2. The molecular weight excluding hydrogens is 467 g/mol. The normalized spacial score (nSPS) is 18.3. The van der Waals surface area contributed by atoms with Crippen LogP contribution in [0.3, 0.4) is 0 Å². The SMILES string of the molecule is CC(C)(C)OC(=O)c1cc(OC2CCC(NC(=O)Nc3ccc(OC(F)(F)F)cc3)CC2)ccn1. The number of amides is 2. The van der Waals surface area contributed by atoms with Crippen LogP contribution in [0.2, 0.25) is 0 Å². The summed E-state index contributed by atoms with van der Waals surface area (Å²) in [4.78, 5) is 28.5. The van der Waals surface area contributed by atoms with E-state index in [1.807, 2.05) is 0 Å². The van der Waals surface area contributed by atoms with E-state index >= 15 is 0 Å². The maximum atomic E-state index is 12.3. The summed E-state index contributed by atoms with van der Waals surface area (Å²) in [7, 11) is 0. The first-order valence-corrected chi connectivity index (χ1v) is 11.2. The Morgan fingerprint density at radius 2 is 1.63 bits per heavy atom. The number of rotatable bonds is 6. The molecule has 2 N–H and O–H groups in total. The molecular formula is C24H28F3N3O5. The lowest BCUT2D eigenvalue weighted by Crippen LogP contribution is -2.41. The fourth-order valence-electron chi connectivity index (χ4n) is 3.54. The van der Waals surface area contributed by atoms with Crippen LogP contribution in [0.1, 0.15) is 56.9 Å². The molecule has 0 spiro atoms. The number of nitrogens with zero attached hydrogens (tertiary/aromatic N) is 1. The third kappa shape index (κ3) is 8.99. The third-order valence-corrected chi connectivity index (χ3v) is 5.00. The number of alkyl halides is 3. The van der Waals surface area contributed by atoms with Gasteiger partial charge in [-0.1, -0.05) is 0 Å². The van der Waals surface area contributed by atoms with Crippen LogP contribution in [0.4, 0.5) is 23.7 Å². The number of benzene rings is 1. The van der Waals surface area contributed by atoms with Gasteiger partial charge in [0.25, 0.3) is 0 Å². The predicted octanol–water partition coefficient (Wildman–Crippen LogP) is 5.45. The Kier molecular flexibility index (Phi) is 8.08. The van der Waals surface area contributed by atoms with Gasteiger partial charge in [-0.2, -0.15) is 0 Å². The molecule has 1 fully saturated rings. The molecule has 0 bridgehead atoms. The van der Waals surface area contributed by atoms with Crippen LogP contribution in [-0.4, -0.2) is 41.1 Å². The first-order valence-electron chi connectivity index (χ1n) is 11.2. The second-order valence-corrected chi connectivity index (χ2v) is 9.14. The zero-order chi connectivity index (χ0) is 25.6. The van der Waals surface area contributed by atoms with Crippen molar-refractivity contribution in [2.24, 2.45) is 0 Å². The van der Waals surface area contributed by atoms with E-state index in [9.17, 15) is 22.8 Å². The molecule has 1 heterocycles. The topological polar surface area (TPSA) is 98.8 Å². The van der Waals surface area contributed by atoms with Crippen molar-refractivity contribution in [3.63, 3.8) is 0 Å². The maximum absolute atomic E-state index is 12.3. The van der Waals surface area contributed by atoms with Crippen molar-refractivity contribution in [2.45, 2.75) is 70.6 Å². The zero-order valence-corrected chi connectivity index (χ0v) is 19.6. The number of aromatic nitrogens is 1. The van der Waals surface area contributed by atoms with Gasteiger partial charge in [-0.15, -0.1) is 13.2 Å². The first-order chi connectivity index (χ1) is 16.4. The summed E-state index contributed by atoms with van der Waals surface area (Å²) >= 11 is 0. The summed E-state index contributed by atoms with van der Waals surface area (Å²) < 4.78 is 51.8. The largest absolute Gasteiger partial charge is 0.573 e. The van der Waals surface area contributed by atoms with Crippen LogP contribution < -0.4 is 20.1 Å². The number of urea groups is 1. The lowest BCUT2D eigenvalue weighted by atomic mass is 9.93. The Balaban J connectivity index is 1.43. The quantitative estimate of drug-likeness (QED) is 0.518. The number of pyridine rings is 1. The Morgan fingerprint density at radius 3 is 2.23 bits per heavy atom. The minimum atomic E-state index is -4.77. The molecule has 11 heteroatoms.